The average molecular weight is 424 g/mol. The second-order valence-corrected chi connectivity index (χ2v) is 9.49. The zero-order valence-electron chi connectivity index (χ0n) is 18.2. The van der Waals surface area contributed by atoms with Crippen molar-refractivity contribution in [3.63, 3.8) is 0 Å². The Kier molecular flexibility index (Phi) is 4.88. The van der Waals surface area contributed by atoms with Crippen LogP contribution in [0.25, 0.3) is 0 Å². The molecule has 31 heavy (non-hydrogen) atoms. The Morgan fingerprint density at radius 2 is 2.13 bits per heavy atom. The SMILES string of the molecule is Cc1cc([C@H](C(=O)N2C[C@H](O)C[C@H]2C2=NO[C@]3(CCc4ccccc43)C2)C(C)C)on1. The van der Waals surface area contributed by atoms with E-state index in [4.69, 9.17) is 9.36 Å². The first kappa shape index (κ1) is 20.2. The van der Waals surface area contributed by atoms with Gasteiger partial charge in [0, 0.05) is 31.0 Å². The summed E-state index contributed by atoms with van der Waals surface area (Å²) in [7, 11) is 0. The number of aromatic nitrogens is 1. The summed E-state index contributed by atoms with van der Waals surface area (Å²) in [6, 6.07) is 9.92. The lowest BCUT2D eigenvalue weighted by molar-refractivity contribution is -0.134. The first-order valence-electron chi connectivity index (χ1n) is 11.1. The Labute approximate surface area is 182 Å². The van der Waals surface area contributed by atoms with E-state index >= 15 is 0 Å². The topological polar surface area (TPSA) is 88.2 Å². The van der Waals surface area contributed by atoms with E-state index in [1.54, 1.807) is 4.90 Å². The molecule has 1 saturated heterocycles. The molecule has 0 saturated carbocycles. The van der Waals surface area contributed by atoms with Crippen molar-refractivity contribution >= 4 is 11.6 Å². The highest BCUT2D eigenvalue weighted by molar-refractivity contribution is 5.96. The molecule has 1 aliphatic carbocycles. The van der Waals surface area contributed by atoms with E-state index in [-0.39, 0.29) is 17.9 Å². The zero-order valence-corrected chi connectivity index (χ0v) is 18.2. The molecule has 1 fully saturated rings. The van der Waals surface area contributed by atoms with Gasteiger partial charge in [-0.3, -0.25) is 4.79 Å². The van der Waals surface area contributed by atoms with Crippen LogP contribution in [-0.2, 0) is 21.7 Å². The molecule has 3 aliphatic rings. The number of hydrogen-bond acceptors (Lipinski definition) is 6. The van der Waals surface area contributed by atoms with Crippen LogP contribution in [0.5, 0.6) is 0 Å². The molecule has 1 spiro atoms. The van der Waals surface area contributed by atoms with Crippen LogP contribution in [0.4, 0.5) is 0 Å². The van der Waals surface area contributed by atoms with Gasteiger partial charge in [0.05, 0.1) is 23.6 Å². The number of rotatable bonds is 4. The number of aliphatic hydroxyl groups excluding tert-OH is 1. The van der Waals surface area contributed by atoms with Crippen molar-refractivity contribution in [3.05, 3.63) is 52.9 Å². The lowest BCUT2D eigenvalue weighted by Crippen LogP contribution is -2.44. The Balaban J connectivity index is 1.40. The molecule has 0 unspecified atom stereocenters. The van der Waals surface area contributed by atoms with E-state index in [1.807, 2.05) is 32.9 Å². The molecule has 4 atom stereocenters. The largest absolute Gasteiger partial charge is 0.391 e. The molecule has 2 aromatic rings. The average Bonchev–Trinajstić information content (AvgIpc) is 3.51. The molecule has 7 nitrogen and oxygen atoms in total. The van der Waals surface area contributed by atoms with Crippen LogP contribution in [-0.4, -0.2) is 45.5 Å². The van der Waals surface area contributed by atoms with E-state index in [0.29, 0.717) is 25.1 Å². The van der Waals surface area contributed by atoms with E-state index in [9.17, 15) is 9.90 Å². The number of fused-ring (bicyclic) bond motifs is 2. The number of aliphatic hydroxyl groups is 1. The smallest absolute Gasteiger partial charge is 0.234 e. The van der Waals surface area contributed by atoms with Crippen LogP contribution < -0.4 is 0 Å². The molecular formula is C24H29N3O4. The molecular weight excluding hydrogens is 394 g/mol. The number of hydrogen-bond donors (Lipinski definition) is 1. The lowest BCUT2D eigenvalue weighted by Gasteiger charge is -2.29. The Morgan fingerprint density at radius 3 is 2.87 bits per heavy atom. The summed E-state index contributed by atoms with van der Waals surface area (Å²) in [6.07, 6.45) is 2.41. The molecule has 1 amide bonds. The standard InChI is InChI=1S/C24H29N3O4/c1-14(2)22(21-10-15(3)25-30-21)23(29)27-13-17(28)11-20(27)19-12-24(31-26-19)9-8-16-6-4-5-7-18(16)24/h4-7,10,14,17,20,22,28H,8-9,11-13H2,1-3H3/t17-,20+,22-,24-/m1/s1. The van der Waals surface area contributed by atoms with Gasteiger partial charge in [-0.2, -0.15) is 0 Å². The van der Waals surface area contributed by atoms with Gasteiger partial charge < -0.3 is 19.4 Å². The van der Waals surface area contributed by atoms with Crippen molar-refractivity contribution in [1.29, 1.82) is 0 Å². The van der Waals surface area contributed by atoms with Gasteiger partial charge in [-0.25, -0.2) is 0 Å². The number of carbonyl (C=O) groups is 1. The number of nitrogens with zero attached hydrogens (tertiary/aromatic N) is 3. The number of amides is 1. The Hall–Kier alpha value is -2.67. The molecule has 1 aromatic carbocycles. The first-order chi connectivity index (χ1) is 14.9. The molecule has 5 rings (SSSR count). The van der Waals surface area contributed by atoms with Gasteiger partial charge in [0.2, 0.25) is 5.91 Å². The summed E-state index contributed by atoms with van der Waals surface area (Å²) >= 11 is 0. The molecule has 2 aliphatic heterocycles. The van der Waals surface area contributed by atoms with Crippen molar-refractivity contribution in [2.45, 2.75) is 70.1 Å². The Morgan fingerprint density at radius 1 is 1.32 bits per heavy atom. The van der Waals surface area contributed by atoms with E-state index in [0.717, 1.165) is 24.2 Å². The third kappa shape index (κ3) is 3.35. The highest BCUT2D eigenvalue weighted by Gasteiger charge is 2.50. The third-order valence-corrected chi connectivity index (χ3v) is 6.94. The fourth-order valence-corrected chi connectivity index (χ4v) is 5.43. The minimum atomic E-state index is -0.576. The van der Waals surface area contributed by atoms with Crippen molar-refractivity contribution < 1.29 is 19.3 Å². The van der Waals surface area contributed by atoms with Gasteiger partial charge >= 0.3 is 0 Å². The molecule has 3 heterocycles. The maximum absolute atomic E-state index is 13.7. The van der Waals surface area contributed by atoms with Gasteiger partial charge in [0.15, 0.2) is 5.60 Å². The van der Waals surface area contributed by atoms with Crippen LogP contribution in [0.3, 0.4) is 0 Å². The summed E-state index contributed by atoms with van der Waals surface area (Å²) in [4.78, 5) is 21.5. The van der Waals surface area contributed by atoms with Crippen LogP contribution in [0, 0.1) is 12.8 Å². The van der Waals surface area contributed by atoms with Gasteiger partial charge in [-0.15, -0.1) is 0 Å². The van der Waals surface area contributed by atoms with Crippen molar-refractivity contribution in [2.75, 3.05) is 6.54 Å². The summed E-state index contributed by atoms with van der Waals surface area (Å²) < 4.78 is 5.46. The number of likely N-dealkylation sites (tertiary alicyclic amines) is 1. The summed E-state index contributed by atoms with van der Waals surface area (Å²) in [5, 5.41) is 18.9. The molecule has 1 N–H and O–H groups in total. The summed E-state index contributed by atoms with van der Waals surface area (Å²) in [5.74, 6) is 0.109. The van der Waals surface area contributed by atoms with E-state index < -0.39 is 17.6 Å². The third-order valence-electron chi connectivity index (χ3n) is 6.94. The lowest BCUT2D eigenvalue weighted by atomic mass is 9.87. The van der Waals surface area contributed by atoms with Crippen LogP contribution in [0.15, 0.2) is 40.0 Å². The maximum atomic E-state index is 13.7. The van der Waals surface area contributed by atoms with Crippen LogP contribution in [0.1, 0.15) is 61.6 Å². The fraction of sp³-hybridized carbons (Fsp3) is 0.542. The molecule has 0 bridgehead atoms. The predicted molar refractivity (Wildman–Crippen MR) is 115 cm³/mol. The highest BCUT2D eigenvalue weighted by Crippen LogP contribution is 2.47. The minimum absolute atomic E-state index is 0.0352. The highest BCUT2D eigenvalue weighted by atomic mass is 16.7. The number of carbonyl (C=O) groups excluding carboxylic acids is 1. The fourth-order valence-electron chi connectivity index (χ4n) is 5.43. The number of β-amino-alcohol motifs (C(OH)–C–C–N with tert-alkyl or cyclic N) is 1. The maximum Gasteiger partial charge on any atom is 0.234 e. The number of benzene rings is 1. The second kappa shape index (κ2) is 7.48. The number of oxime groups is 1. The Bertz CT molecular complexity index is 1030. The first-order valence-corrected chi connectivity index (χ1v) is 11.1. The second-order valence-electron chi connectivity index (χ2n) is 9.49. The minimum Gasteiger partial charge on any atom is -0.391 e. The van der Waals surface area contributed by atoms with Crippen molar-refractivity contribution in [1.82, 2.24) is 10.1 Å². The summed E-state index contributed by atoms with van der Waals surface area (Å²) in [6.45, 7) is 6.15. The van der Waals surface area contributed by atoms with Crippen molar-refractivity contribution in [3.8, 4) is 0 Å². The molecule has 1 aromatic heterocycles. The van der Waals surface area contributed by atoms with E-state index in [2.05, 4.69) is 28.5 Å². The van der Waals surface area contributed by atoms with Crippen LogP contribution >= 0.6 is 0 Å². The monoisotopic (exact) mass is 423 g/mol. The van der Waals surface area contributed by atoms with E-state index in [1.165, 1.54) is 11.1 Å². The van der Waals surface area contributed by atoms with Gasteiger partial charge in [0.25, 0.3) is 0 Å². The predicted octanol–water partition coefficient (Wildman–Crippen LogP) is 3.30. The number of aryl methyl sites for hydroxylation is 2. The zero-order chi connectivity index (χ0) is 21.8. The molecule has 164 valence electrons. The quantitative estimate of drug-likeness (QED) is 0.815. The molecule has 0 radical (unpaired) electrons. The normalized spacial score (nSPS) is 28.2. The van der Waals surface area contributed by atoms with Crippen LogP contribution in [0.2, 0.25) is 0 Å². The van der Waals surface area contributed by atoms with Gasteiger partial charge in [-0.05, 0) is 31.2 Å². The van der Waals surface area contributed by atoms with Gasteiger partial charge in [0.1, 0.15) is 11.7 Å². The van der Waals surface area contributed by atoms with Crippen molar-refractivity contribution in [2.24, 2.45) is 11.1 Å². The van der Waals surface area contributed by atoms with Gasteiger partial charge in [-0.1, -0.05) is 48.4 Å². The molecule has 7 heteroatoms. The summed E-state index contributed by atoms with van der Waals surface area (Å²) in [5.41, 5.74) is 3.66.